The summed E-state index contributed by atoms with van der Waals surface area (Å²) in [6.07, 6.45) is 0. The molecule has 8 heteroatoms. The number of fused-ring (bicyclic) bond motifs is 1. The first-order valence-electron chi connectivity index (χ1n) is 11.9. The van der Waals surface area contributed by atoms with Crippen LogP contribution in [0.1, 0.15) is 31.1 Å². The third kappa shape index (κ3) is 4.95. The molecule has 1 heterocycles. The molecule has 0 N–H and O–H groups in total. The van der Waals surface area contributed by atoms with Gasteiger partial charge >= 0.3 is 5.97 Å². The minimum Gasteiger partial charge on any atom is -0.421 e. The third-order valence-electron chi connectivity index (χ3n) is 6.17. The Morgan fingerprint density at radius 2 is 1.31 bits per heavy atom. The Bertz CT molecular complexity index is 1770. The van der Waals surface area contributed by atoms with Crippen molar-refractivity contribution in [2.45, 2.75) is 0 Å². The van der Waals surface area contributed by atoms with Crippen LogP contribution in [0.15, 0.2) is 114 Å². The van der Waals surface area contributed by atoms with E-state index in [2.05, 4.69) is 0 Å². The molecule has 0 bridgehead atoms. The predicted molar refractivity (Wildman–Crippen MR) is 150 cm³/mol. The summed E-state index contributed by atoms with van der Waals surface area (Å²) in [7, 11) is 1.49. The Morgan fingerprint density at radius 3 is 1.92 bits per heavy atom. The maximum Gasteiger partial charge on any atom is 0.343 e. The molecular formula is C31H21ClN2O5. The molecule has 0 fully saturated rings. The number of pyridine rings is 1. The van der Waals surface area contributed by atoms with E-state index in [1.54, 1.807) is 103 Å². The molecule has 0 spiro atoms. The van der Waals surface area contributed by atoms with E-state index in [-0.39, 0.29) is 28.0 Å². The zero-order valence-corrected chi connectivity index (χ0v) is 21.5. The first-order valence-corrected chi connectivity index (χ1v) is 12.3. The lowest BCUT2D eigenvalue weighted by Crippen LogP contribution is -2.41. The number of nitrogens with zero attached hydrogens (tertiary/aromatic N) is 2. The largest absolute Gasteiger partial charge is 0.421 e. The van der Waals surface area contributed by atoms with Gasteiger partial charge in [0.15, 0.2) is 5.75 Å². The lowest BCUT2D eigenvalue weighted by atomic mass is 10.1. The first-order chi connectivity index (χ1) is 18.9. The number of imide groups is 1. The number of para-hydroxylation sites is 1. The number of anilines is 1. The maximum atomic E-state index is 14.3. The van der Waals surface area contributed by atoms with Crippen molar-refractivity contribution in [1.29, 1.82) is 0 Å². The van der Waals surface area contributed by atoms with Crippen LogP contribution in [0.2, 0.25) is 5.02 Å². The number of carbonyl (C=O) groups is 3. The molecule has 0 saturated heterocycles. The van der Waals surface area contributed by atoms with Crippen LogP contribution in [0.25, 0.3) is 10.9 Å². The van der Waals surface area contributed by atoms with Gasteiger partial charge in [-0.3, -0.25) is 14.4 Å². The van der Waals surface area contributed by atoms with E-state index in [0.29, 0.717) is 10.5 Å². The van der Waals surface area contributed by atoms with E-state index in [9.17, 15) is 19.2 Å². The molecular weight excluding hydrogens is 516 g/mol. The molecule has 0 aliphatic rings. The molecule has 0 aliphatic heterocycles. The fourth-order valence-corrected chi connectivity index (χ4v) is 4.41. The molecule has 0 unspecified atom stereocenters. The molecule has 39 heavy (non-hydrogen) atoms. The second kappa shape index (κ2) is 10.8. The summed E-state index contributed by atoms with van der Waals surface area (Å²) in [5.41, 5.74) is -0.148. The lowest BCUT2D eigenvalue weighted by molar-refractivity contribution is 0.0734. The van der Waals surface area contributed by atoms with Gasteiger partial charge in [-0.2, -0.15) is 0 Å². The van der Waals surface area contributed by atoms with Crippen LogP contribution in [0.3, 0.4) is 0 Å². The van der Waals surface area contributed by atoms with Crippen LogP contribution in [0.4, 0.5) is 5.69 Å². The van der Waals surface area contributed by atoms with Crippen molar-refractivity contribution in [3.05, 3.63) is 141 Å². The summed E-state index contributed by atoms with van der Waals surface area (Å²) < 4.78 is 7.02. The van der Waals surface area contributed by atoms with E-state index in [1.165, 1.54) is 17.7 Å². The molecule has 0 saturated carbocycles. The molecule has 5 aromatic rings. The number of hydrogen-bond donors (Lipinski definition) is 0. The Balaban J connectivity index is 1.76. The monoisotopic (exact) mass is 536 g/mol. The molecule has 0 aliphatic carbocycles. The third-order valence-corrected chi connectivity index (χ3v) is 6.40. The number of carbonyl (C=O) groups excluding carboxylic acids is 3. The molecule has 0 radical (unpaired) electrons. The highest BCUT2D eigenvalue weighted by atomic mass is 35.5. The van der Waals surface area contributed by atoms with Gasteiger partial charge in [-0.1, -0.05) is 66.2 Å². The fourth-order valence-electron chi connectivity index (χ4n) is 4.24. The van der Waals surface area contributed by atoms with Crippen molar-refractivity contribution in [2.75, 3.05) is 4.90 Å². The highest BCUT2D eigenvalue weighted by Gasteiger charge is 2.33. The summed E-state index contributed by atoms with van der Waals surface area (Å²) >= 11 is 6.28. The molecule has 7 nitrogen and oxygen atoms in total. The molecule has 0 atom stereocenters. The number of rotatable bonds is 5. The number of hydrogen-bond acceptors (Lipinski definition) is 5. The van der Waals surface area contributed by atoms with Crippen molar-refractivity contribution in [1.82, 2.24) is 4.57 Å². The average molecular weight is 537 g/mol. The van der Waals surface area contributed by atoms with Crippen molar-refractivity contribution in [3.63, 3.8) is 0 Å². The zero-order chi connectivity index (χ0) is 27.5. The smallest absolute Gasteiger partial charge is 0.343 e. The Hall–Kier alpha value is -5.01. The fraction of sp³-hybridized carbons (Fsp3) is 0.0323. The van der Waals surface area contributed by atoms with Crippen LogP contribution in [-0.4, -0.2) is 22.4 Å². The second-order valence-electron chi connectivity index (χ2n) is 8.63. The number of benzene rings is 4. The standard InChI is InChI=1S/C31H21ClN2O5/c1-33-25-18-17-22(32)19-24(25)27(39-31(38)21-13-7-3-8-14-21)26(29(33)36)30(37)34(23-15-9-4-10-16-23)28(35)20-11-5-2-6-12-20/h2-19H,1H3. The number of aromatic nitrogens is 1. The van der Waals surface area contributed by atoms with Crippen LogP contribution >= 0.6 is 11.6 Å². The number of esters is 1. The Morgan fingerprint density at radius 1 is 0.744 bits per heavy atom. The zero-order valence-electron chi connectivity index (χ0n) is 20.7. The molecule has 2 amide bonds. The van der Waals surface area contributed by atoms with E-state index in [4.69, 9.17) is 16.3 Å². The molecule has 1 aromatic heterocycles. The number of amides is 2. The van der Waals surface area contributed by atoms with Crippen LogP contribution < -0.4 is 15.2 Å². The van der Waals surface area contributed by atoms with Gasteiger partial charge in [0.25, 0.3) is 17.4 Å². The van der Waals surface area contributed by atoms with E-state index >= 15 is 0 Å². The van der Waals surface area contributed by atoms with Crippen molar-refractivity contribution < 1.29 is 19.1 Å². The average Bonchev–Trinajstić information content (AvgIpc) is 2.97. The second-order valence-corrected chi connectivity index (χ2v) is 9.07. The number of aryl methyl sites for hydroxylation is 1. The van der Waals surface area contributed by atoms with Gasteiger partial charge in [0, 0.05) is 23.0 Å². The summed E-state index contributed by atoms with van der Waals surface area (Å²) in [4.78, 5) is 55.7. The van der Waals surface area contributed by atoms with Gasteiger partial charge in [0.2, 0.25) is 0 Å². The summed E-state index contributed by atoms with van der Waals surface area (Å²) in [5.74, 6) is -2.66. The topological polar surface area (TPSA) is 85.7 Å². The SMILES string of the molecule is Cn1c(=O)c(C(=O)N(C(=O)c2ccccc2)c2ccccc2)c(OC(=O)c2ccccc2)c2cc(Cl)ccc21. The minimum absolute atomic E-state index is 0.215. The van der Waals surface area contributed by atoms with Gasteiger partial charge in [-0.05, 0) is 54.6 Å². The Labute approximate surface area is 228 Å². The summed E-state index contributed by atoms with van der Waals surface area (Å²) in [6, 6.07) is 29.3. The summed E-state index contributed by atoms with van der Waals surface area (Å²) in [5, 5.41) is 0.564. The van der Waals surface area contributed by atoms with Gasteiger partial charge in [0.1, 0.15) is 5.56 Å². The van der Waals surface area contributed by atoms with Gasteiger partial charge in [0.05, 0.1) is 16.8 Å². The normalized spacial score (nSPS) is 10.7. The van der Waals surface area contributed by atoms with Crippen LogP contribution in [0, 0.1) is 0 Å². The first kappa shape index (κ1) is 25.6. The Kier molecular flexibility index (Phi) is 7.08. The van der Waals surface area contributed by atoms with E-state index < -0.39 is 28.9 Å². The molecule has 5 rings (SSSR count). The number of halogens is 1. The van der Waals surface area contributed by atoms with Crippen LogP contribution in [-0.2, 0) is 7.05 Å². The molecule has 192 valence electrons. The van der Waals surface area contributed by atoms with Crippen molar-refractivity contribution >= 4 is 46.0 Å². The highest BCUT2D eigenvalue weighted by molar-refractivity contribution is 6.31. The van der Waals surface area contributed by atoms with Gasteiger partial charge in [-0.15, -0.1) is 0 Å². The maximum absolute atomic E-state index is 14.3. The quantitative estimate of drug-likeness (QED) is 0.206. The van der Waals surface area contributed by atoms with Gasteiger partial charge < -0.3 is 9.30 Å². The van der Waals surface area contributed by atoms with Crippen LogP contribution in [0.5, 0.6) is 5.75 Å². The van der Waals surface area contributed by atoms with E-state index in [0.717, 1.165) is 4.90 Å². The van der Waals surface area contributed by atoms with Crippen molar-refractivity contribution in [3.8, 4) is 5.75 Å². The highest BCUT2D eigenvalue weighted by Crippen LogP contribution is 2.32. The summed E-state index contributed by atoms with van der Waals surface area (Å²) in [6.45, 7) is 0. The minimum atomic E-state index is -0.951. The predicted octanol–water partition coefficient (Wildman–Crippen LogP) is 5.90. The van der Waals surface area contributed by atoms with Gasteiger partial charge in [-0.25, -0.2) is 9.69 Å². The lowest BCUT2D eigenvalue weighted by Gasteiger charge is -2.23. The van der Waals surface area contributed by atoms with Crippen molar-refractivity contribution in [2.24, 2.45) is 7.05 Å². The van der Waals surface area contributed by atoms with E-state index in [1.807, 2.05) is 0 Å². The number of ether oxygens (including phenoxy) is 1. The molecule has 4 aromatic carbocycles.